The smallest absolute Gasteiger partial charge is 0.237 e. The van der Waals surface area contributed by atoms with E-state index in [1.807, 2.05) is 32.0 Å². The number of carbonyl (C=O) groups excluding carboxylic acids is 1. The predicted molar refractivity (Wildman–Crippen MR) is 63.7 cm³/mol. The summed E-state index contributed by atoms with van der Waals surface area (Å²) in [6.45, 7) is 3.91. The van der Waals surface area contributed by atoms with Crippen molar-refractivity contribution in [3.8, 4) is 0 Å². The van der Waals surface area contributed by atoms with Gasteiger partial charge in [0.25, 0.3) is 0 Å². The number of hydrogen-bond donors (Lipinski definition) is 2. The van der Waals surface area contributed by atoms with Crippen molar-refractivity contribution in [3.05, 3.63) is 30.1 Å². The van der Waals surface area contributed by atoms with E-state index in [-0.39, 0.29) is 11.9 Å². The van der Waals surface area contributed by atoms with E-state index >= 15 is 0 Å². The number of amides is 1. The Morgan fingerprint density at radius 1 is 1.56 bits per heavy atom. The quantitative estimate of drug-likeness (QED) is 0.789. The summed E-state index contributed by atoms with van der Waals surface area (Å²) in [6, 6.07) is 5.11. The molecule has 0 aliphatic rings. The molecule has 1 amide bonds. The summed E-state index contributed by atoms with van der Waals surface area (Å²) in [5, 5.41) is 2.85. The molecule has 0 spiro atoms. The molecule has 0 aromatic carbocycles. The van der Waals surface area contributed by atoms with Gasteiger partial charge in [0, 0.05) is 6.20 Å². The van der Waals surface area contributed by atoms with Gasteiger partial charge in [-0.1, -0.05) is 19.4 Å². The lowest BCUT2D eigenvalue weighted by Gasteiger charge is -2.16. The predicted octanol–water partition coefficient (Wildman–Crippen LogP) is 1.39. The summed E-state index contributed by atoms with van der Waals surface area (Å²) < 4.78 is 0. The summed E-state index contributed by atoms with van der Waals surface area (Å²) in [5.74, 6) is -0.111. The van der Waals surface area contributed by atoms with Gasteiger partial charge < -0.3 is 11.1 Å². The van der Waals surface area contributed by atoms with Crippen molar-refractivity contribution in [1.82, 2.24) is 10.3 Å². The molecule has 2 atom stereocenters. The van der Waals surface area contributed by atoms with E-state index in [0.717, 1.165) is 12.1 Å². The molecule has 0 aliphatic heterocycles. The van der Waals surface area contributed by atoms with Crippen LogP contribution in [0.3, 0.4) is 0 Å². The van der Waals surface area contributed by atoms with Gasteiger partial charge in [0.05, 0.1) is 17.8 Å². The number of carbonyl (C=O) groups is 1. The molecular formula is C12H19N3O. The first-order valence-electron chi connectivity index (χ1n) is 5.62. The summed E-state index contributed by atoms with van der Waals surface area (Å²) in [4.78, 5) is 15.8. The molecule has 4 heteroatoms. The fourth-order valence-corrected chi connectivity index (χ4v) is 1.47. The Morgan fingerprint density at radius 3 is 2.88 bits per heavy atom. The number of pyridine rings is 1. The molecule has 1 rings (SSSR count). The average molecular weight is 221 g/mol. The van der Waals surface area contributed by atoms with Gasteiger partial charge in [-0.2, -0.15) is 0 Å². The fourth-order valence-electron chi connectivity index (χ4n) is 1.47. The van der Waals surface area contributed by atoms with Crippen LogP contribution in [0.4, 0.5) is 0 Å². The standard InChI is InChI=1S/C12H19N3O/c1-3-6-10(13)12(16)15-9(2)11-7-4-5-8-14-11/h4-5,7-10H,3,6,13H2,1-2H3,(H,15,16). The zero-order valence-electron chi connectivity index (χ0n) is 9.81. The molecule has 1 heterocycles. The molecular weight excluding hydrogens is 202 g/mol. The van der Waals surface area contributed by atoms with Crippen LogP contribution in [0.15, 0.2) is 24.4 Å². The number of nitrogens with one attached hydrogen (secondary N) is 1. The SMILES string of the molecule is CCCC(N)C(=O)NC(C)c1ccccn1. The van der Waals surface area contributed by atoms with Crippen LogP contribution in [0.1, 0.15) is 38.4 Å². The molecule has 0 aliphatic carbocycles. The summed E-state index contributed by atoms with van der Waals surface area (Å²) in [7, 11) is 0. The minimum atomic E-state index is -0.420. The number of nitrogens with zero attached hydrogens (tertiary/aromatic N) is 1. The van der Waals surface area contributed by atoms with Gasteiger partial charge in [-0.3, -0.25) is 9.78 Å². The van der Waals surface area contributed by atoms with Crippen molar-refractivity contribution in [2.75, 3.05) is 0 Å². The minimum absolute atomic E-state index is 0.100. The topological polar surface area (TPSA) is 68.0 Å². The Morgan fingerprint density at radius 2 is 2.31 bits per heavy atom. The van der Waals surface area contributed by atoms with Crippen LogP contribution in [0, 0.1) is 0 Å². The maximum Gasteiger partial charge on any atom is 0.237 e. The van der Waals surface area contributed by atoms with Gasteiger partial charge in [0.2, 0.25) is 5.91 Å². The van der Waals surface area contributed by atoms with Crippen LogP contribution in [-0.4, -0.2) is 16.9 Å². The Balaban J connectivity index is 2.51. The second kappa shape index (κ2) is 6.23. The highest BCUT2D eigenvalue weighted by molar-refractivity contribution is 5.81. The first-order valence-corrected chi connectivity index (χ1v) is 5.62. The van der Waals surface area contributed by atoms with Crippen LogP contribution in [-0.2, 0) is 4.79 Å². The highest BCUT2D eigenvalue weighted by Gasteiger charge is 2.15. The highest BCUT2D eigenvalue weighted by Crippen LogP contribution is 2.08. The van der Waals surface area contributed by atoms with E-state index < -0.39 is 6.04 Å². The number of aromatic nitrogens is 1. The third kappa shape index (κ3) is 3.62. The van der Waals surface area contributed by atoms with Crippen molar-refractivity contribution < 1.29 is 4.79 Å². The zero-order chi connectivity index (χ0) is 12.0. The molecule has 2 unspecified atom stereocenters. The second-order valence-corrected chi connectivity index (χ2v) is 3.88. The largest absolute Gasteiger partial charge is 0.347 e. The van der Waals surface area contributed by atoms with Gasteiger partial charge in [-0.15, -0.1) is 0 Å². The lowest BCUT2D eigenvalue weighted by atomic mass is 10.1. The molecule has 1 aromatic heterocycles. The molecule has 88 valence electrons. The minimum Gasteiger partial charge on any atom is -0.347 e. The van der Waals surface area contributed by atoms with Crippen LogP contribution in [0.5, 0.6) is 0 Å². The fraction of sp³-hybridized carbons (Fsp3) is 0.500. The molecule has 0 saturated heterocycles. The molecule has 16 heavy (non-hydrogen) atoms. The molecule has 4 nitrogen and oxygen atoms in total. The van der Waals surface area contributed by atoms with Gasteiger partial charge in [-0.05, 0) is 25.5 Å². The molecule has 0 saturated carbocycles. The Hall–Kier alpha value is -1.42. The molecule has 0 fully saturated rings. The second-order valence-electron chi connectivity index (χ2n) is 3.88. The summed E-state index contributed by atoms with van der Waals surface area (Å²) in [6.07, 6.45) is 3.33. The number of rotatable bonds is 5. The van der Waals surface area contributed by atoms with Crippen LogP contribution in [0.25, 0.3) is 0 Å². The highest BCUT2D eigenvalue weighted by atomic mass is 16.2. The van der Waals surface area contributed by atoms with E-state index in [1.54, 1.807) is 6.20 Å². The third-order valence-corrected chi connectivity index (χ3v) is 2.43. The first-order chi connectivity index (χ1) is 7.65. The van der Waals surface area contributed by atoms with E-state index in [4.69, 9.17) is 5.73 Å². The summed E-state index contributed by atoms with van der Waals surface area (Å²) in [5.41, 5.74) is 6.57. The normalized spacial score (nSPS) is 14.2. The van der Waals surface area contributed by atoms with Crippen molar-refractivity contribution in [2.24, 2.45) is 5.73 Å². The summed E-state index contributed by atoms with van der Waals surface area (Å²) >= 11 is 0. The number of hydrogen-bond acceptors (Lipinski definition) is 3. The Labute approximate surface area is 96.3 Å². The monoisotopic (exact) mass is 221 g/mol. The van der Waals surface area contributed by atoms with Crippen molar-refractivity contribution in [3.63, 3.8) is 0 Å². The molecule has 0 bridgehead atoms. The van der Waals surface area contributed by atoms with Crippen LogP contribution in [0.2, 0.25) is 0 Å². The Kier molecular flexibility index (Phi) is 4.92. The van der Waals surface area contributed by atoms with Crippen molar-refractivity contribution in [2.45, 2.75) is 38.8 Å². The van der Waals surface area contributed by atoms with Gasteiger partial charge in [0.15, 0.2) is 0 Å². The maximum absolute atomic E-state index is 11.7. The third-order valence-electron chi connectivity index (χ3n) is 2.43. The Bertz CT molecular complexity index is 326. The van der Waals surface area contributed by atoms with E-state index in [2.05, 4.69) is 10.3 Å². The van der Waals surface area contributed by atoms with E-state index in [1.165, 1.54) is 0 Å². The van der Waals surface area contributed by atoms with Gasteiger partial charge in [-0.25, -0.2) is 0 Å². The van der Waals surface area contributed by atoms with E-state index in [9.17, 15) is 4.79 Å². The molecule has 1 aromatic rings. The van der Waals surface area contributed by atoms with Crippen LogP contribution >= 0.6 is 0 Å². The van der Waals surface area contributed by atoms with Gasteiger partial charge >= 0.3 is 0 Å². The van der Waals surface area contributed by atoms with E-state index in [0.29, 0.717) is 6.42 Å². The maximum atomic E-state index is 11.7. The van der Waals surface area contributed by atoms with Crippen LogP contribution < -0.4 is 11.1 Å². The molecule has 0 radical (unpaired) electrons. The average Bonchev–Trinajstić information content (AvgIpc) is 2.30. The number of nitrogens with two attached hydrogens (primary N) is 1. The zero-order valence-corrected chi connectivity index (χ0v) is 9.81. The van der Waals surface area contributed by atoms with Crippen molar-refractivity contribution in [1.29, 1.82) is 0 Å². The lowest BCUT2D eigenvalue weighted by Crippen LogP contribution is -2.41. The van der Waals surface area contributed by atoms with Gasteiger partial charge in [0.1, 0.15) is 0 Å². The first kappa shape index (κ1) is 12.6. The molecule has 3 N–H and O–H groups in total. The van der Waals surface area contributed by atoms with Crippen molar-refractivity contribution >= 4 is 5.91 Å². The lowest BCUT2D eigenvalue weighted by molar-refractivity contribution is -0.123.